The minimum Gasteiger partial charge on any atom is -0.393 e. The van der Waals surface area contributed by atoms with Crippen LogP contribution in [0, 0.1) is 29.1 Å². The first kappa shape index (κ1) is 7.21. The Bertz CT molecular complexity index is 397. The molecule has 3 fully saturated rings. The van der Waals surface area contributed by atoms with E-state index in [0.717, 1.165) is 12.8 Å². The number of hydrogen-bond acceptors (Lipinski definition) is 3. The van der Waals surface area contributed by atoms with Gasteiger partial charge in [0.05, 0.1) is 11.8 Å². The molecule has 0 aromatic rings. The molecule has 0 N–H and O–H groups in total. The van der Waals surface area contributed by atoms with Gasteiger partial charge in [-0.3, -0.25) is 9.59 Å². The molecule has 14 heavy (non-hydrogen) atoms. The third-order valence-corrected chi connectivity index (χ3v) is 4.77. The zero-order chi connectivity index (χ0) is 9.50. The highest BCUT2D eigenvalue weighted by Gasteiger charge is 2.72. The van der Waals surface area contributed by atoms with Crippen molar-refractivity contribution in [2.24, 2.45) is 29.1 Å². The number of hydrogen-bond donors (Lipinski definition) is 0. The highest BCUT2D eigenvalue weighted by Crippen LogP contribution is 2.71. The van der Waals surface area contributed by atoms with Gasteiger partial charge in [-0.2, -0.15) is 0 Å². The molecule has 3 nitrogen and oxygen atoms in total. The second kappa shape index (κ2) is 1.81. The van der Waals surface area contributed by atoms with Crippen LogP contribution in [-0.2, 0) is 14.3 Å². The Morgan fingerprint density at radius 1 is 1.29 bits per heavy atom. The van der Waals surface area contributed by atoms with E-state index in [9.17, 15) is 9.59 Å². The molecule has 3 aliphatic carbocycles. The van der Waals surface area contributed by atoms with Crippen LogP contribution in [0.25, 0.3) is 0 Å². The van der Waals surface area contributed by atoms with Crippen molar-refractivity contribution >= 4 is 11.9 Å². The predicted molar refractivity (Wildman–Crippen MR) is 45.9 cm³/mol. The number of carbonyl (C=O) groups is 2. The predicted octanol–water partition coefficient (Wildman–Crippen LogP) is 0.898. The largest absolute Gasteiger partial charge is 0.393 e. The average Bonchev–Trinajstić information content (AvgIpc) is 2.33. The van der Waals surface area contributed by atoms with Gasteiger partial charge in [-0.25, -0.2) is 0 Å². The molecule has 3 heteroatoms. The molecule has 1 heterocycles. The quantitative estimate of drug-likeness (QED) is 0.324. The van der Waals surface area contributed by atoms with Gasteiger partial charge in [0.15, 0.2) is 0 Å². The molecule has 0 amide bonds. The van der Waals surface area contributed by atoms with Gasteiger partial charge < -0.3 is 4.74 Å². The zero-order valence-corrected chi connectivity index (χ0v) is 7.60. The monoisotopic (exact) mass is 190 g/mol. The molecule has 5 atom stereocenters. The summed E-state index contributed by atoms with van der Waals surface area (Å²) in [6.45, 7) is 0. The normalized spacial score (nSPS) is 56.9. The summed E-state index contributed by atoms with van der Waals surface area (Å²) in [4.78, 5) is 23.0. The fourth-order valence-electron chi connectivity index (χ4n) is 4.00. The van der Waals surface area contributed by atoms with Crippen molar-refractivity contribution in [3.63, 3.8) is 0 Å². The van der Waals surface area contributed by atoms with E-state index >= 15 is 0 Å². The van der Waals surface area contributed by atoms with E-state index < -0.39 is 0 Å². The number of esters is 2. The summed E-state index contributed by atoms with van der Waals surface area (Å²) >= 11 is 0. The van der Waals surface area contributed by atoms with Crippen LogP contribution in [0.15, 0.2) is 12.2 Å². The van der Waals surface area contributed by atoms with Crippen molar-refractivity contribution in [3.05, 3.63) is 12.2 Å². The molecule has 1 saturated heterocycles. The van der Waals surface area contributed by atoms with Gasteiger partial charge in [-0.15, -0.1) is 0 Å². The van der Waals surface area contributed by atoms with Crippen LogP contribution in [0.3, 0.4) is 0 Å². The number of carbonyl (C=O) groups excluding carboxylic acids is 2. The molecule has 4 rings (SSSR count). The van der Waals surface area contributed by atoms with Crippen LogP contribution in [0.4, 0.5) is 0 Å². The van der Waals surface area contributed by atoms with Gasteiger partial charge in [0.2, 0.25) is 0 Å². The van der Waals surface area contributed by atoms with Gasteiger partial charge in [-0.05, 0) is 24.2 Å². The second-order valence-electron chi connectivity index (χ2n) is 4.93. The molecule has 1 aliphatic heterocycles. The Morgan fingerprint density at radius 2 is 2.07 bits per heavy atom. The van der Waals surface area contributed by atoms with Crippen LogP contribution >= 0.6 is 0 Å². The first-order valence-electron chi connectivity index (χ1n) is 5.19. The lowest BCUT2D eigenvalue weighted by atomic mass is 9.52. The van der Waals surface area contributed by atoms with E-state index in [-0.39, 0.29) is 29.2 Å². The van der Waals surface area contributed by atoms with E-state index in [2.05, 4.69) is 12.2 Å². The molecule has 4 aliphatic rings. The van der Waals surface area contributed by atoms with Gasteiger partial charge >= 0.3 is 11.9 Å². The fourth-order valence-corrected chi connectivity index (χ4v) is 4.00. The number of ether oxygens (including phenoxy) is 1. The molecule has 0 aromatic carbocycles. The third kappa shape index (κ3) is 0.483. The van der Waals surface area contributed by atoms with Crippen LogP contribution in [0.2, 0.25) is 0 Å². The Kier molecular flexibility index (Phi) is 0.932. The smallest absolute Gasteiger partial charge is 0.318 e. The molecular formula is C11H10O3. The summed E-state index contributed by atoms with van der Waals surface area (Å²) < 4.78 is 4.72. The molecule has 0 bridgehead atoms. The first-order valence-corrected chi connectivity index (χ1v) is 5.19. The summed E-state index contributed by atoms with van der Waals surface area (Å²) in [6.07, 6.45) is 6.55. The number of cyclic esters (lactones) is 2. The van der Waals surface area contributed by atoms with Crippen LogP contribution in [0.5, 0.6) is 0 Å². The molecule has 2 saturated carbocycles. The summed E-state index contributed by atoms with van der Waals surface area (Å²) in [5.41, 5.74) is 0.227. The number of fused-ring (bicyclic) bond motifs is 3. The van der Waals surface area contributed by atoms with Crippen molar-refractivity contribution in [2.45, 2.75) is 12.8 Å². The zero-order valence-electron chi connectivity index (χ0n) is 7.60. The van der Waals surface area contributed by atoms with E-state index in [4.69, 9.17) is 4.74 Å². The minimum absolute atomic E-state index is 0.115. The SMILES string of the molecule is O=C1OC(=O)[C@H]2C1C1CCC13C=CC23. The van der Waals surface area contributed by atoms with Crippen molar-refractivity contribution in [2.75, 3.05) is 0 Å². The van der Waals surface area contributed by atoms with Gasteiger partial charge in [0, 0.05) is 5.92 Å². The highest BCUT2D eigenvalue weighted by molar-refractivity contribution is 5.98. The van der Waals surface area contributed by atoms with E-state index in [1.54, 1.807) is 0 Å². The number of rotatable bonds is 0. The molecule has 4 unspecified atom stereocenters. The highest BCUT2D eigenvalue weighted by atomic mass is 16.6. The summed E-state index contributed by atoms with van der Waals surface area (Å²) in [5, 5.41) is 0. The lowest BCUT2D eigenvalue weighted by molar-refractivity contribution is -0.157. The molecular weight excluding hydrogens is 180 g/mol. The molecule has 0 radical (unpaired) electrons. The standard InChI is InChI=1S/C11H10O3/c12-9-7-5-1-3-11(5)4-2-6(11)8(7)10(13)14-9/h1,3,5-8H,2,4H2/t5?,6?,7-,8?,11?/m1/s1. The van der Waals surface area contributed by atoms with Crippen LogP contribution in [-0.4, -0.2) is 11.9 Å². The van der Waals surface area contributed by atoms with Crippen LogP contribution < -0.4 is 0 Å². The lowest BCUT2D eigenvalue weighted by Gasteiger charge is -2.52. The Labute approximate surface area is 81.1 Å². The van der Waals surface area contributed by atoms with Crippen LogP contribution in [0.1, 0.15) is 12.8 Å². The molecule has 0 aromatic heterocycles. The van der Waals surface area contributed by atoms with Gasteiger partial charge in [0.1, 0.15) is 0 Å². The van der Waals surface area contributed by atoms with E-state index in [1.165, 1.54) is 0 Å². The molecule has 72 valence electrons. The van der Waals surface area contributed by atoms with Crippen molar-refractivity contribution < 1.29 is 14.3 Å². The maximum absolute atomic E-state index is 11.5. The van der Waals surface area contributed by atoms with Crippen molar-refractivity contribution in [3.8, 4) is 0 Å². The summed E-state index contributed by atoms with van der Waals surface area (Å²) in [6, 6.07) is 0. The summed E-state index contributed by atoms with van der Waals surface area (Å²) in [7, 11) is 0. The Morgan fingerprint density at radius 3 is 2.64 bits per heavy atom. The van der Waals surface area contributed by atoms with Gasteiger partial charge in [-0.1, -0.05) is 12.2 Å². The second-order valence-corrected chi connectivity index (χ2v) is 4.93. The maximum atomic E-state index is 11.5. The Balaban J connectivity index is 1.87. The van der Waals surface area contributed by atoms with Crippen molar-refractivity contribution in [1.29, 1.82) is 0 Å². The third-order valence-electron chi connectivity index (χ3n) is 4.77. The first-order chi connectivity index (χ1) is 6.74. The van der Waals surface area contributed by atoms with Gasteiger partial charge in [0.25, 0.3) is 0 Å². The average molecular weight is 190 g/mol. The topological polar surface area (TPSA) is 43.4 Å². The minimum atomic E-state index is -0.275. The fraction of sp³-hybridized carbons (Fsp3) is 0.636. The maximum Gasteiger partial charge on any atom is 0.318 e. The lowest BCUT2D eigenvalue weighted by Crippen LogP contribution is -2.46. The molecule has 1 spiro atoms. The summed E-state index contributed by atoms with van der Waals surface area (Å²) in [5.74, 6) is -0.0775. The van der Waals surface area contributed by atoms with Crippen molar-refractivity contribution in [1.82, 2.24) is 0 Å². The number of allylic oxidation sites excluding steroid dienone is 2. The van der Waals surface area contributed by atoms with E-state index in [0.29, 0.717) is 11.8 Å². The Hall–Kier alpha value is -1.12. The van der Waals surface area contributed by atoms with E-state index in [1.807, 2.05) is 0 Å².